The summed E-state index contributed by atoms with van der Waals surface area (Å²) in [6.45, 7) is 2.42. The van der Waals surface area contributed by atoms with Crippen LogP contribution in [-0.2, 0) is 6.54 Å². The topological polar surface area (TPSA) is 59.8 Å². The highest BCUT2D eigenvalue weighted by molar-refractivity contribution is 9.10. The molecule has 0 radical (unpaired) electrons. The number of halogens is 1. The zero-order chi connectivity index (χ0) is 18.1. The van der Waals surface area contributed by atoms with Crippen LogP contribution in [0.15, 0.2) is 59.3 Å². The minimum atomic E-state index is -0.0863. The molecule has 5 nitrogen and oxygen atoms in total. The molecule has 0 saturated heterocycles. The highest BCUT2D eigenvalue weighted by atomic mass is 79.9. The van der Waals surface area contributed by atoms with Crippen LogP contribution in [0.25, 0.3) is 15.9 Å². The third kappa shape index (κ3) is 3.27. The lowest BCUT2D eigenvalue weighted by molar-refractivity contribution is 0.0955. The van der Waals surface area contributed by atoms with Crippen molar-refractivity contribution in [2.45, 2.75) is 13.5 Å². The monoisotopic (exact) mass is 426 g/mol. The molecule has 7 heteroatoms. The highest BCUT2D eigenvalue weighted by Crippen LogP contribution is 2.30. The van der Waals surface area contributed by atoms with Crippen molar-refractivity contribution in [3.8, 4) is 5.69 Å². The third-order valence-corrected chi connectivity index (χ3v) is 5.65. The summed E-state index contributed by atoms with van der Waals surface area (Å²) in [5.41, 5.74) is 2.85. The Morgan fingerprint density at radius 1 is 1.27 bits per heavy atom. The van der Waals surface area contributed by atoms with E-state index in [4.69, 9.17) is 0 Å². The maximum absolute atomic E-state index is 12.5. The molecule has 1 amide bonds. The molecule has 4 aromatic rings. The number of aryl methyl sites for hydroxylation is 1. The Labute approximate surface area is 162 Å². The Hall–Kier alpha value is -2.51. The molecule has 0 bridgehead atoms. The Morgan fingerprint density at radius 2 is 2.08 bits per heavy atom. The van der Waals surface area contributed by atoms with E-state index in [2.05, 4.69) is 31.3 Å². The van der Waals surface area contributed by atoms with E-state index >= 15 is 0 Å². The zero-order valence-corrected chi connectivity index (χ0v) is 16.3. The van der Waals surface area contributed by atoms with Crippen molar-refractivity contribution in [3.05, 3.63) is 75.5 Å². The van der Waals surface area contributed by atoms with Crippen LogP contribution in [0.4, 0.5) is 0 Å². The van der Waals surface area contributed by atoms with Crippen LogP contribution in [0, 0.1) is 6.92 Å². The molecule has 3 heterocycles. The SMILES string of the molecule is Cc1nn(-c2ccc(Br)cc2)c2sc(C(=O)NCc3cccnc3)cc12. The van der Waals surface area contributed by atoms with Crippen molar-refractivity contribution in [1.82, 2.24) is 20.1 Å². The van der Waals surface area contributed by atoms with Crippen molar-refractivity contribution in [3.63, 3.8) is 0 Å². The van der Waals surface area contributed by atoms with Gasteiger partial charge in [0.05, 0.1) is 16.3 Å². The third-order valence-electron chi connectivity index (χ3n) is 4.02. The number of fused-ring (bicyclic) bond motifs is 1. The Bertz CT molecular complexity index is 1070. The minimum Gasteiger partial charge on any atom is -0.347 e. The average Bonchev–Trinajstić information content (AvgIpc) is 3.22. The fourth-order valence-corrected chi connectivity index (χ4v) is 4.05. The van der Waals surface area contributed by atoms with Gasteiger partial charge in [0.15, 0.2) is 0 Å². The summed E-state index contributed by atoms with van der Waals surface area (Å²) in [4.78, 5) is 18.2. The fourth-order valence-electron chi connectivity index (χ4n) is 2.69. The first-order valence-electron chi connectivity index (χ1n) is 8.04. The zero-order valence-electron chi connectivity index (χ0n) is 13.9. The number of carbonyl (C=O) groups excluding carboxylic acids is 1. The summed E-state index contributed by atoms with van der Waals surface area (Å²) in [6, 6.07) is 13.7. The summed E-state index contributed by atoms with van der Waals surface area (Å²) >= 11 is 4.90. The van der Waals surface area contributed by atoms with E-state index in [9.17, 15) is 4.79 Å². The summed E-state index contributed by atoms with van der Waals surface area (Å²) < 4.78 is 2.91. The maximum Gasteiger partial charge on any atom is 0.261 e. The van der Waals surface area contributed by atoms with Gasteiger partial charge in [-0.25, -0.2) is 4.68 Å². The molecule has 0 unspecified atom stereocenters. The first-order chi connectivity index (χ1) is 12.6. The number of aromatic nitrogens is 3. The van der Waals surface area contributed by atoms with Crippen LogP contribution in [-0.4, -0.2) is 20.7 Å². The van der Waals surface area contributed by atoms with Crippen molar-refractivity contribution in [1.29, 1.82) is 0 Å². The minimum absolute atomic E-state index is 0.0863. The van der Waals surface area contributed by atoms with E-state index in [1.54, 1.807) is 12.4 Å². The summed E-state index contributed by atoms with van der Waals surface area (Å²) in [6.07, 6.45) is 3.47. The van der Waals surface area contributed by atoms with E-state index in [1.165, 1.54) is 11.3 Å². The van der Waals surface area contributed by atoms with Gasteiger partial charge in [0.25, 0.3) is 5.91 Å². The number of hydrogen-bond donors (Lipinski definition) is 1. The van der Waals surface area contributed by atoms with Crippen LogP contribution in [0.2, 0.25) is 0 Å². The van der Waals surface area contributed by atoms with Crippen LogP contribution < -0.4 is 5.32 Å². The van der Waals surface area contributed by atoms with Crippen molar-refractivity contribution in [2.75, 3.05) is 0 Å². The van der Waals surface area contributed by atoms with Crippen LogP contribution in [0.3, 0.4) is 0 Å². The van der Waals surface area contributed by atoms with E-state index < -0.39 is 0 Å². The Kier molecular flexibility index (Phi) is 4.57. The molecule has 1 aromatic carbocycles. The standard InChI is InChI=1S/C19H15BrN4OS/c1-12-16-9-17(18(25)22-11-13-3-2-8-21-10-13)26-19(16)24(23-12)15-6-4-14(20)5-7-15/h2-10H,11H2,1H3,(H,22,25). The van der Waals surface area contributed by atoms with Gasteiger partial charge in [0.1, 0.15) is 4.83 Å². The van der Waals surface area contributed by atoms with Crippen LogP contribution in [0.1, 0.15) is 20.9 Å². The molecule has 0 aliphatic carbocycles. The van der Waals surface area contributed by atoms with Gasteiger partial charge in [-0.15, -0.1) is 11.3 Å². The van der Waals surface area contributed by atoms with Crippen molar-refractivity contribution >= 4 is 43.4 Å². The van der Waals surface area contributed by atoms with E-state index in [0.717, 1.165) is 31.6 Å². The van der Waals surface area contributed by atoms with Crippen molar-refractivity contribution in [2.24, 2.45) is 0 Å². The van der Waals surface area contributed by atoms with Gasteiger partial charge in [-0.1, -0.05) is 22.0 Å². The summed E-state index contributed by atoms with van der Waals surface area (Å²) in [5.74, 6) is -0.0863. The fraction of sp³-hybridized carbons (Fsp3) is 0.105. The molecule has 130 valence electrons. The Morgan fingerprint density at radius 3 is 2.81 bits per heavy atom. The molecule has 3 aromatic heterocycles. The summed E-state index contributed by atoms with van der Waals surface area (Å²) in [5, 5.41) is 8.57. The van der Waals surface area contributed by atoms with Crippen molar-refractivity contribution < 1.29 is 4.79 Å². The van der Waals surface area contributed by atoms with Gasteiger partial charge in [-0.05, 0) is 48.9 Å². The smallest absolute Gasteiger partial charge is 0.261 e. The predicted octanol–water partition coefficient (Wildman–Crippen LogP) is 4.48. The lowest BCUT2D eigenvalue weighted by atomic mass is 10.2. The number of nitrogens with one attached hydrogen (secondary N) is 1. The molecule has 0 saturated carbocycles. The number of benzene rings is 1. The maximum atomic E-state index is 12.5. The van der Waals surface area contributed by atoms with Crippen LogP contribution in [0.5, 0.6) is 0 Å². The number of pyridine rings is 1. The number of thiophene rings is 1. The van der Waals surface area contributed by atoms with Gasteiger partial charge in [0, 0.05) is 28.8 Å². The lowest BCUT2D eigenvalue weighted by Gasteiger charge is -2.04. The quantitative estimate of drug-likeness (QED) is 0.523. The molecule has 0 aliphatic rings. The van der Waals surface area contributed by atoms with Gasteiger partial charge in [-0.3, -0.25) is 9.78 Å². The van der Waals surface area contributed by atoms with Crippen LogP contribution >= 0.6 is 27.3 Å². The first kappa shape index (κ1) is 16.9. The second kappa shape index (κ2) is 7.01. The van der Waals surface area contributed by atoms with E-state index in [1.807, 2.05) is 54.1 Å². The molecule has 0 aliphatic heterocycles. The molecule has 0 spiro atoms. The predicted molar refractivity (Wildman–Crippen MR) is 107 cm³/mol. The second-order valence-electron chi connectivity index (χ2n) is 5.85. The molecular formula is C19H15BrN4OS. The number of amides is 1. The molecule has 26 heavy (non-hydrogen) atoms. The highest BCUT2D eigenvalue weighted by Gasteiger charge is 2.17. The second-order valence-corrected chi connectivity index (χ2v) is 7.79. The normalized spacial score (nSPS) is 11.0. The van der Waals surface area contributed by atoms with Gasteiger partial charge in [0.2, 0.25) is 0 Å². The number of carbonyl (C=O) groups is 1. The van der Waals surface area contributed by atoms with E-state index in [-0.39, 0.29) is 5.91 Å². The van der Waals surface area contributed by atoms with Gasteiger partial charge >= 0.3 is 0 Å². The average molecular weight is 427 g/mol. The Balaban J connectivity index is 1.62. The van der Waals surface area contributed by atoms with Gasteiger partial charge < -0.3 is 5.32 Å². The number of rotatable bonds is 4. The molecular weight excluding hydrogens is 412 g/mol. The summed E-state index contributed by atoms with van der Waals surface area (Å²) in [7, 11) is 0. The van der Waals surface area contributed by atoms with E-state index in [0.29, 0.717) is 11.4 Å². The molecule has 0 atom stereocenters. The first-order valence-corrected chi connectivity index (χ1v) is 9.65. The number of hydrogen-bond acceptors (Lipinski definition) is 4. The van der Waals surface area contributed by atoms with Gasteiger partial charge in [-0.2, -0.15) is 5.10 Å². The molecule has 0 fully saturated rings. The molecule has 4 rings (SSSR count). The molecule has 1 N–H and O–H groups in total. The lowest BCUT2D eigenvalue weighted by Crippen LogP contribution is -2.21. The number of nitrogens with zero attached hydrogens (tertiary/aromatic N) is 3. The largest absolute Gasteiger partial charge is 0.347 e.